The third kappa shape index (κ3) is 6.39. The maximum Gasteiger partial charge on any atom is 0.222 e. The number of nitrogens with zero attached hydrogens (tertiary/aromatic N) is 2. The zero-order chi connectivity index (χ0) is 14.3. The first-order valence-electron chi connectivity index (χ1n) is 7.65. The van der Waals surface area contributed by atoms with E-state index in [0.29, 0.717) is 18.2 Å². The van der Waals surface area contributed by atoms with Crippen molar-refractivity contribution >= 4 is 5.91 Å². The summed E-state index contributed by atoms with van der Waals surface area (Å²) < 4.78 is 0. The van der Waals surface area contributed by atoms with Crippen molar-refractivity contribution in [2.75, 3.05) is 40.3 Å². The van der Waals surface area contributed by atoms with Crippen molar-refractivity contribution in [1.82, 2.24) is 9.80 Å². The van der Waals surface area contributed by atoms with Gasteiger partial charge in [-0.05, 0) is 58.2 Å². The average Bonchev–Trinajstić information content (AvgIpc) is 2.36. The lowest BCUT2D eigenvalue weighted by Crippen LogP contribution is -2.40. The van der Waals surface area contributed by atoms with Crippen LogP contribution in [0.15, 0.2) is 0 Å². The molecule has 0 aromatic carbocycles. The third-order valence-electron chi connectivity index (χ3n) is 4.10. The van der Waals surface area contributed by atoms with Gasteiger partial charge in [0.1, 0.15) is 0 Å². The number of hydrogen-bond acceptors (Lipinski definition) is 3. The van der Waals surface area contributed by atoms with Crippen LogP contribution in [0, 0.1) is 11.8 Å². The molecule has 0 aliphatic carbocycles. The predicted molar refractivity (Wildman–Crippen MR) is 79.9 cm³/mol. The highest BCUT2D eigenvalue weighted by Gasteiger charge is 2.22. The summed E-state index contributed by atoms with van der Waals surface area (Å²) in [5, 5.41) is 0. The maximum atomic E-state index is 12.1. The van der Waals surface area contributed by atoms with Crippen LogP contribution in [0.25, 0.3) is 0 Å². The molecular formula is C15H31N3O. The van der Waals surface area contributed by atoms with Gasteiger partial charge in [-0.15, -0.1) is 0 Å². The van der Waals surface area contributed by atoms with Gasteiger partial charge in [-0.1, -0.05) is 6.92 Å². The lowest BCUT2D eigenvalue weighted by molar-refractivity contribution is -0.132. The van der Waals surface area contributed by atoms with E-state index in [1.807, 2.05) is 0 Å². The maximum absolute atomic E-state index is 12.1. The van der Waals surface area contributed by atoms with E-state index < -0.39 is 0 Å². The lowest BCUT2D eigenvalue weighted by Gasteiger charge is -2.33. The molecular weight excluding hydrogens is 238 g/mol. The largest absolute Gasteiger partial charge is 0.343 e. The molecule has 2 N–H and O–H groups in total. The SMILES string of the molecule is CC(CCN)CCC(=O)N1CCC(CN(C)C)CC1. The van der Waals surface area contributed by atoms with E-state index >= 15 is 0 Å². The second-order valence-electron chi connectivity index (χ2n) is 6.31. The molecule has 1 aliphatic heterocycles. The predicted octanol–water partition coefficient (Wildman–Crippen LogP) is 1.55. The van der Waals surface area contributed by atoms with E-state index in [4.69, 9.17) is 5.73 Å². The monoisotopic (exact) mass is 269 g/mol. The zero-order valence-corrected chi connectivity index (χ0v) is 12.9. The summed E-state index contributed by atoms with van der Waals surface area (Å²) in [7, 11) is 4.24. The van der Waals surface area contributed by atoms with Crippen LogP contribution in [-0.4, -0.2) is 56.0 Å². The molecule has 112 valence electrons. The summed E-state index contributed by atoms with van der Waals surface area (Å²) in [6.45, 7) is 5.95. The van der Waals surface area contributed by atoms with E-state index in [9.17, 15) is 4.79 Å². The first kappa shape index (κ1) is 16.4. The first-order valence-corrected chi connectivity index (χ1v) is 7.65. The van der Waals surface area contributed by atoms with E-state index in [0.717, 1.165) is 57.8 Å². The van der Waals surface area contributed by atoms with Gasteiger partial charge in [-0.3, -0.25) is 4.79 Å². The fourth-order valence-corrected chi connectivity index (χ4v) is 2.84. The molecule has 0 radical (unpaired) electrons. The van der Waals surface area contributed by atoms with Crippen LogP contribution in [0.4, 0.5) is 0 Å². The Hall–Kier alpha value is -0.610. The molecule has 0 spiro atoms. The standard InChI is InChI=1S/C15H31N3O/c1-13(6-9-16)4-5-15(19)18-10-7-14(8-11-18)12-17(2)3/h13-14H,4-12,16H2,1-3H3. The second-order valence-corrected chi connectivity index (χ2v) is 6.31. The molecule has 4 nitrogen and oxygen atoms in total. The topological polar surface area (TPSA) is 49.6 Å². The first-order chi connectivity index (χ1) is 9.02. The van der Waals surface area contributed by atoms with E-state index in [-0.39, 0.29) is 0 Å². The summed E-state index contributed by atoms with van der Waals surface area (Å²) in [4.78, 5) is 16.4. The fourth-order valence-electron chi connectivity index (χ4n) is 2.84. The Labute approximate surface area is 118 Å². The number of likely N-dealkylation sites (tertiary alicyclic amines) is 1. The lowest BCUT2D eigenvalue weighted by atomic mass is 9.95. The minimum atomic E-state index is 0.340. The van der Waals surface area contributed by atoms with E-state index in [1.54, 1.807) is 0 Å². The van der Waals surface area contributed by atoms with Gasteiger partial charge in [-0.25, -0.2) is 0 Å². The number of nitrogens with two attached hydrogens (primary N) is 1. The van der Waals surface area contributed by atoms with Crippen LogP contribution < -0.4 is 5.73 Å². The van der Waals surface area contributed by atoms with Crippen molar-refractivity contribution in [3.8, 4) is 0 Å². The summed E-state index contributed by atoms with van der Waals surface area (Å²) in [6, 6.07) is 0. The average molecular weight is 269 g/mol. The smallest absolute Gasteiger partial charge is 0.222 e. The molecule has 0 saturated carbocycles. The number of piperidine rings is 1. The van der Waals surface area contributed by atoms with Crippen molar-refractivity contribution in [3.63, 3.8) is 0 Å². The van der Waals surface area contributed by atoms with Crippen molar-refractivity contribution in [1.29, 1.82) is 0 Å². The molecule has 1 heterocycles. The summed E-state index contributed by atoms with van der Waals surface area (Å²) in [6.07, 6.45) is 5.01. The Morgan fingerprint density at radius 3 is 2.47 bits per heavy atom. The normalized spacial score (nSPS) is 18.9. The van der Waals surface area contributed by atoms with Crippen molar-refractivity contribution in [3.05, 3.63) is 0 Å². The van der Waals surface area contributed by atoms with Gasteiger partial charge in [0, 0.05) is 26.1 Å². The summed E-state index contributed by atoms with van der Waals surface area (Å²) in [5.74, 6) is 1.67. The Balaban J connectivity index is 2.21. The third-order valence-corrected chi connectivity index (χ3v) is 4.10. The highest BCUT2D eigenvalue weighted by atomic mass is 16.2. The number of carbonyl (C=O) groups excluding carboxylic acids is 1. The minimum absolute atomic E-state index is 0.340. The molecule has 1 saturated heterocycles. The molecule has 0 aromatic rings. The fraction of sp³-hybridized carbons (Fsp3) is 0.933. The van der Waals surface area contributed by atoms with E-state index in [2.05, 4.69) is 30.8 Å². The van der Waals surface area contributed by atoms with Crippen LogP contribution in [0.1, 0.15) is 39.0 Å². The summed E-state index contributed by atoms with van der Waals surface area (Å²) >= 11 is 0. The minimum Gasteiger partial charge on any atom is -0.343 e. The molecule has 1 amide bonds. The molecule has 1 atom stereocenters. The van der Waals surface area contributed by atoms with Crippen LogP contribution in [-0.2, 0) is 4.79 Å². The Bertz CT molecular complexity index is 260. The van der Waals surface area contributed by atoms with Gasteiger partial charge in [-0.2, -0.15) is 0 Å². The Kier molecular flexibility index (Phi) is 7.39. The van der Waals surface area contributed by atoms with Crippen LogP contribution >= 0.6 is 0 Å². The molecule has 0 aromatic heterocycles. The van der Waals surface area contributed by atoms with Crippen LogP contribution in [0.5, 0.6) is 0 Å². The van der Waals surface area contributed by atoms with Crippen molar-refractivity contribution in [2.24, 2.45) is 17.6 Å². The van der Waals surface area contributed by atoms with Crippen LogP contribution in [0.2, 0.25) is 0 Å². The Morgan fingerprint density at radius 1 is 1.32 bits per heavy atom. The quantitative estimate of drug-likeness (QED) is 0.763. The number of rotatable bonds is 7. The van der Waals surface area contributed by atoms with Crippen LogP contribution in [0.3, 0.4) is 0 Å². The van der Waals surface area contributed by atoms with Gasteiger partial charge < -0.3 is 15.5 Å². The molecule has 1 aliphatic rings. The van der Waals surface area contributed by atoms with Gasteiger partial charge in [0.25, 0.3) is 0 Å². The molecule has 4 heteroatoms. The molecule has 1 rings (SSSR count). The highest BCUT2D eigenvalue weighted by molar-refractivity contribution is 5.76. The highest BCUT2D eigenvalue weighted by Crippen LogP contribution is 2.19. The summed E-state index contributed by atoms with van der Waals surface area (Å²) in [5.41, 5.74) is 5.53. The van der Waals surface area contributed by atoms with Crippen molar-refractivity contribution in [2.45, 2.75) is 39.0 Å². The Morgan fingerprint density at radius 2 is 1.95 bits per heavy atom. The molecule has 1 fully saturated rings. The molecule has 0 bridgehead atoms. The van der Waals surface area contributed by atoms with Gasteiger partial charge in [0.05, 0.1) is 0 Å². The molecule has 19 heavy (non-hydrogen) atoms. The molecule has 1 unspecified atom stereocenters. The number of amides is 1. The number of carbonyl (C=O) groups is 1. The van der Waals surface area contributed by atoms with Gasteiger partial charge in [0.15, 0.2) is 0 Å². The van der Waals surface area contributed by atoms with Gasteiger partial charge >= 0.3 is 0 Å². The number of hydrogen-bond donors (Lipinski definition) is 1. The zero-order valence-electron chi connectivity index (χ0n) is 12.9. The van der Waals surface area contributed by atoms with Gasteiger partial charge in [0.2, 0.25) is 5.91 Å². The van der Waals surface area contributed by atoms with Crippen molar-refractivity contribution < 1.29 is 4.79 Å². The van der Waals surface area contributed by atoms with E-state index in [1.165, 1.54) is 0 Å². The second kappa shape index (κ2) is 8.54.